The molecule has 2 rings (SSSR count). The number of rotatable bonds is 3. The summed E-state index contributed by atoms with van der Waals surface area (Å²) in [5.74, 6) is 0.738. The van der Waals surface area contributed by atoms with E-state index in [1.54, 1.807) is 6.20 Å². The summed E-state index contributed by atoms with van der Waals surface area (Å²) in [5.41, 5.74) is 1.08. The van der Waals surface area contributed by atoms with Crippen LogP contribution in [0.1, 0.15) is 32.3 Å². The van der Waals surface area contributed by atoms with Gasteiger partial charge in [-0.15, -0.1) is 0 Å². The van der Waals surface area contributed by atoms with Crippen molar-refractivity contribution in [3.8, 4) is 5.88 Å². The van der Waals surface area contributed by atoms with E-state index in [1.807, 2.05) is 39.7 Å². The van der Waals surface area contributed by atoms with Crippen LogP contribution in [0.15, 0.2) is 18.3 Å². The molecule has 5 nitrogen and oxygen atoms in total. The Morgan fingerprint density at radius 2 is 1.91 bits per heavy atom. The molecule has 126 valence electrons. The normalized spacial score (nSPS) is 14.7. The van der Waals surface area contributed by atoms with Crippen LogP contribution in [0.3, 0.4) is 0 Å². The molecule has 5 heteroatoms. The van der Waals surface area contributed by atoms with Gasteiger partial charge in [-0.1, -0.05) is 6.07 Å². The standard InChI is InChI=1S/C9H13NO.C7H16N2.CH2O/c1-7(2)11-9-8(3)5-4-6-10-9;1-9(2)7-3-5-8-6-4-7;1-2/h4-7H,1-3H3;7-8H,3-6H2,1-2H3;1H2. The third-order valence-electron chi connectivity index (χ3n) is 3.35. The van der Waals surface area contributed by atoms with Crippen LogP contribution in [-0.4, -0.2) is 56.0 Å². The van der Waals surface area contributed by atoms with E-state index in [1.165, 1.54) is 25.9 Å². The summed E-state index contributed by atoms with van der Waals surface area (Å²) in [6.45, 7) is 10.4. The third-order valence-corrected chi connectivity index (χ3v) is 3.35. The Labute approximate surface area is 135 Å². The topological polar surface area (TPSA) is 54.5 Å². The van der Waals surface area contributed by atoms with Gasteiger partial charge in [0.25, 0.3) is 0 Å². The van der Waals surface area contributed by atoms with Crippen molar-refractivity contribution in [2.24, 2.45) is 0 Å². The van der Waals surface area contributed by atoms with Crippen molar-refractivity contribution in [2.75, 3.05) is 27.2 Å². The summed E-state index contributed by atoms with van der Waals surface area (Å²) in [7, 11) is 4.33. The fourth-order valence-electron chi connectivity index (χ4n) is 2.14. The van der Waals surface area contributed by atoms with E-state index in [0.29, 0.717) is 0 Å². The van der Waals surface area contributed by atoms with E-state index in [9.17, 15) is 0 Å². The lowest BCUT2D eigenvalue weighted by atomic mass is 10.1. The highest BCUT2D eigenvalue weighted by Crippen LogP contribution is 2.13. The maximum Gasteiger partial charge on any atom is 0.216 e. The van der Waals surface area contributed by atoms with Gasteiger partial charge in [0.05, 0.1) is 6.10 Å². The minimum absolute atomic E-state index is 0.198. The second-order valence-electron chi connectivity index (χ2n) is 5.74. The zero-order valence-corrected chi connectivity index (χ0v) is 14.6. The summed E-state index contributed by atoms with van der Waals surface area (Å²) in [4.78, 5) is 14.4. The van der Waals surface area contributed by atoms with Gasteiger partial charge in [-0.05, 0) is 66.9 Å². The van der Waals surface area contributed by atoms with Crippen molar-refractivity contribution in [3.63, 3.8) is 0 Å². The number of hydrogen-bond donors (Lipinski definition) is 1. The van der Waals surface area contributed by atoms with Gasteiger partial charge in [0, 0.05) is 17.8 Å². The largest absolute Gasteiger partial charge is 0.475 e. The molecule has 1 N–H and O–H groups in total. The molecule has 22 heavy (non-hydrogen) atoms. The number of pyridine rings is 1. The number of carbonyl (C=O) groups is 1. The molecule has 2 heterocycles. The van der Waals surface area contributed by atoms with Crippen molar-refractivity contribution < 1.29 is 9.53 Å². The molecular formula is C17H31N3O2. The average molecular weight is 309 g/mol. The Bertz CT molecular complexity index is 391. The number of ether oxygens (including phenoxy) is 1. The average Bonchev–Trinajstić information content (AvgIpc) is 2.53. The molecule has 1 fully saturated rings. The van der Waals surface area contributed by atoms with Crippen molar-refractivity contribution >= 4 is 6.79 Å². The lowest BCUT2D eigenvalue weighted by Gasteiger charge is -2.28. The number of carbonyl (C=O) groups excluding carboxylic acids is 1. The molecule has 0 aromatic carbocycles. The molecule has 0 bridgehead atoms. The predicted molar refractivity (Wildman–Crippen MR) is 91.4 cm³/mol. The van der Waals surface area contributed by atoms with Gasteiger partial charge in [0.1, 0.15) is 6.79 Å². The van der Waals surface area contributed by atoms with Gasteiger partial charge in [-0.3, -0.25) is 0 Å². The van der Waals surface area contributed by atoms with Gasteiger partial charge in [0.15, 0.2) is 0 Å². The second kappa shape index (κ2) is 12.1. The van der Waals surface area contributed by atoms with Crippen molar-refractivity contribution in [3.05, 3.63) is 23.9 Å². The Morgan fingerprint density at radius 1 is 1.32 bits per heavy atom. The lowest BCUT2D eigenvalue weighted by Crippen LogP contribution is -2.39. The quantitative estimate of drug-likeness (QED) is 0.928. The number of piperidine rings is 1. The molecule has 0 saturated carbocycles. The van der Waals surface area contributed by atoms with E-state index in [4.69, 9.17) is 9.53 Å². The first-order chi connectivity index (χ1) is 10.5. The lowest BCUT2D eigenvalue weighted by molar-refractivity contribution is -0.0979. The predicted octanol–water partition coefficient (Wildman–Crippen LogP) is 2.29. The number of hydrogen-bond acceptors (Lipinski definition) is 5. The highest BCUT2D eigenvalue weighted by atomic mass is 16.5. The molecule has 0 spiro atoms. The molecule has 0 atom stereocenters. The first-order valence-electron chi connectivity index (χ1n) is 7.75. The smallest absolute Gasteiger partial charge is 0.216 e. The molecule has 1 aliphatic heterocycles. The van der Waals surface area contributed by atoms with E-state index in [0.717, 1.165) is 17.5 Å². The highest BCUT2D eigenvalue weighted by Gasteiger charge is 2.13. The van der Waals surface area contributed by atoms with E-state index in [-0.39, 0.29) is 6.10 Å². The van der Waals surface area contributed by atoms with Crippen LogP contribution in [-0.2, 0) is 4.79 Å². The van der Waals surface area contributed by atoms with E-state index in [2.05, 4.69) is 29.3 Å². The maximum atomic E-state index is 8.00. The Hall–Kier alpha value is -1.46. The molecule has 1 aromatic rings. The van der Waals surface area contributed by atoms with Gasteiger partial charge in [-0.2, -0.15) is 0 Å². The summed E-state index contributed by atoms with van der Waals surface area (Å²) >= 11 is 0. The molecule has 1 saturated heterocycles. The van der Waals surface area contributed by atoms with Gasteiger partial charge in [-0.25, -0.2) is 4.98 Å². The van der Waals surface area contributed by atoms with Crippen LogP contribution in [0.4, 0.5) is 0 Å². The summed E-state index contributed by atoms with van der Waals surface area (Å²) in [5, 5.41) is 3.34. The van der Waals surface area contributed by atoms with Crippen molar-refractivity contribution in [1.82, 2.24) is 15.2 Å². The monoisotopic (exact) mass is 309 g/mol. The highest BCUT2D eigenvalue weighted by molar-refractivity contribution is 5.23. The molecule has 1 aromatic heterocycles. The molecule has 1 aliphatic rings. The summed E-state index contributed by atoms with van der Waals surface area (Å²) in [6, 6.07) is 4.72. The Morgan fingerprint density at radius 3 is 2.32 bits per heavy atom. The fourth-order valence-corrected chi connectivity index (χ4v) is 2.14. The van der Waals surface area contributed by atoms with Crippen molar-refractivity contribution in [2.45, 2.75) is 45.8 Å². The Kier molecular flexibility index (Phi) is 11.3. The number of aromatic nitrogens is 1. The van der Waals surface area contributed by atoms with Gasteiger partial charge < -0.3 is 19.7 Å². The fraction of sp³-hybridized carbons (Fsp3) is 0.647. The van der Waals surface area contributed by atoms with Crippen LogP contribution in [0.2, 0.25) is 0 Å². The number of nitrogens with one attached hydrogen (secondary N) is 1. The SMILES string of the molecule is C=O.CN(C)C1CCNCC1.Cc1cccnc1OC(C)C. The molecule has 0 amide bonds. The molecule has 0 unspecified atom stereocenters. The number of nitrogens with zero attached hydrogens (tertiary/aromatic N) is 2. The minimum Gasteiger partial charge on any atom is -0.475 e. The van der Waals surface area contributed by atoms with Crippen LogP contribution < -0.4 is 10.1 Å². The zero-order valence-electron chi connectivity index (χ0n) is 14.6. The zero-order chi connectivity index (χ0) is 17.0. The van der Waals surface area contributed by atoms with E-state index < -0.39 is 0 Å². The first-order valence-corrected chi connectivity index (χ1v) is 7.75. The summed E-state index contributed by atoms with van der Waals surface area (Å²) < 4.78 is 5.43. The van der Waals surface area contributed by atoms with Crippen LogP contribution in [0.5, 0.6) is 5.88 Å². The molecule has 0 radical (unpaired) electrons. The van der Waals surface area contributed by atoms with E-state index >= 15 is 0 Å². The molecule has 0 aliphatic carbocycles. The number of aryl methyl sites for hydroxylation is 1. The minimum atomic E-state index is 0.198. The maximum absolute atomic E-state index is 8.00. The first kappa shape index (κ1) is 20.5. The summed E-state index contributed by atoms with van der Waals surface area (Å²) in [6.07, 6.45) is 4.56. The Balaban J connectivity index is 0.000000366. The van der Waals surface area contributed by atoms with Gasteiger partial charge in [0.2, 0.25) is 5.88 Å². The van der Waals surface area contributed by atoms with Crippen LogP contribution >= 0.6 is 0 Å². The second-order valence-corrected chi connectivity index (χ2v) is 5.74. The van der Waals surface area contributed by atoms with Crippen LogP contribution in [0.25, 0.3) is 0 Å². The molecular weight excluding hydrogens is 278 g/mol. The third kappa shape index (κ3) is 8.74. The van der Waals surface area contributed by atoms with Crippen molar-refractivity contribution in [1.29, 1.82) is 0 Å². The van der Waals surface area contributed by atoms with Crippen LogP contribution in [0, 0.1) is 6.92 Å². The van der Waals surface area contributed by atoms with Gasteiger partial charge >= 0.3 is 0 Å².